The largest absolute Gasteiger partial charge is 0.504 e. The molecule has 0 radical (unpaired) electrons. The predicted octanol–water partition coefficient (Wildman–Crippen LogP) is -3.38. The molecule has 3 aliphatic heterocycles. The van der Waals surface area contributed by atoms with Crippen molar-refractivity contribution in [3.8, 4) is 17.2 Å². The van der Waals surface area contributed by atoms with Crippen molar-refractivity contribution >= 4 is 5.97 Å². The van der Waals surface area contributed by atoms with Gasteiger partial charge in [0.05, 0.1) is 25.9 Å². The van der Waals surface area contributed by atoms with Gasteiger partial charge in [-0.15, -0.1) is 0 Å². The zero-order valence-electron chi connectivity index (χ0n) is 17.8. The number of aliphatic hydroxyl groups is 6. The number of fused-ring (bicyclic) bond motifs is 3. The van der Waals surface area contributed by atoms with Gasteiger partial charge in [0.2, 0.25) is 5.75 Å². The van der Waals surface area contributed by atoms with Crippen molar-refractivity contribution in [3.63, 3.8) is 0 Å². The van der Waals surface area contributed by atoms with E-state index in [1.54, 1.807) is 0 Å². The number of methoxy groups -OCH3 is 1. The standard InChI is InChI=1S/C20H26O14/c1-30-16-6(22)2-5-9(12(16)25)17-18(34-19(5)29)14(27)11(24)8(32-17)4-31-20-15(28)13(26)10(23)7(3-21)33-20/h2,7-8,10-11,13-15,17-18,20-28H,3-4H2,1H3/t7-,8-,10+,11-,13+,14+,15-,17+,18-,20?/m1/s1. The molecule has 0 amide bonds. The van der Waals surface area contributed by atoms with Crippen molar-refractivity contribution in [2.24, 2.45) is 0 Å². The third-order valence-electron chi connectivity index (χ3n) is 6.19. The van der Waals surface area contributed by atoms with Gasteiger partial charge in [0.15, 0.2) is 23.9 Å². The van der Waals surface area contributed by atoms with Crippen LogP contribution in [0.2, 0.25) is 0 Å². The number of carbonyl (C=O) groups is 1. The molecule has 0 spiro atoms. The second-order valence-corrected chi connectivity index (χ2v) is 8.22. The molecule has 10 atom stereocenters. The number of hydrogen-bond donors (Lipinski definition) is 8. The van der Waals surface area contributed by atoms with Gasteiger partial charge in [0, 0.05) is 5.56 Å². The molecule has 0 saturated carbocycles. The first kappa shape index (κ1) is 24.8. The highest BCUT2D eigenvalue weighted by atomic mass is 16.7. The fourth-order valence-electron chi connectivity index (χ4n) is 4.33. The summed E-state index contributed by atoms with van der Waals surface area (Å²) in [4.78, 5) is 12.4. The Kier molecular flexibility index (Phi) is 6.87. The maximum Gasteiger partial charge on any atom is 0.339 e. The van der Waals surface area contributed by atoms with Crippen LogP contribution in [0.25, 0.3) is 0 Å². The molecule has 34 heavy (non-hydrogen) atoms. The minimum absolute atomic E-state index is 0.139. The summed E-state index contributed by atoms with van der Waals surface area (Å²) in [6, 6.07) is 1.01. The topological polar surface area (TPSA) is 225 Å². The van der Waals surface area contributed by atoms with Crippen molar-refractivity contribution in [3.05, 3.63) is 17.2 Å². The van der Waals surface area contributed by atoms with E-state index in [1.807, 2.05) is 0 Å². The minimum atomic E-state index is -1.70. The average Bonchev–Trinajstić information content (AvgIpc) is 2.81. The van der Waals surface area contributed by atoms with E-state index in [-0.39, 0.29) is 16.9 Å². The summed E-state index contributed by atoms with van der Waals surface area (Å²) < 4.78 is 26.5. The maximum atomic E-state index is 12.4. The Labute approximate surface area is 192 Å². The third-order valence-corrected chi connectivity index (χ3v) is 6.19. The van der Waals surface area contributed by atoms with E-state index < -0.39 is 91.9 Å². The molecular formula is C20H26O14. The Morgan fingerprint density at radius 1 is 0.941 bits per heavy atom. The van der Waals surface area contributed by atoms with E-state index in [2.05, 4.69) is 0 Å². The van der Waals surface area contributed by atoms with Crippen LogP contribution in [0.5, 0.6) is 17.2 Å². The lowest BCUT2D eigenvalue weighted by Gasteiger charge is -2.45. The van der Waals surface area contributed by atoms with E-state index in [9.17, 15) is 45.6 Å². The summed E-state index contributed by atoms with van der Waals surface area (Å²) in [5.41, 5.74) is -0.381. The normalized spacial score (nSPS) is 39.7. The molecule has 0 aliphatic carbocycles. The second-order valence-electron chi connectivity index (χ2n) is 8.22. The van der Waals surface area contributed by atoms with E-state index >= 15 is 0 Å². The van der Waals surface area contributed by atoms with Gasteiger partial charge in [-0.25, -0.2) is 4.79 Å². The number of esters is 1. The highest BCUT2D eigenvalue weighted by molar-refractivity contribution is 5.95. The Balaban J connectivity index is 1.57. The van der Waals surface area contributed by atoms with Crippen LogP contribution < -0.4 is 4.74 Å². The lowest BCUT2D eigenvalue weighted by atomic mass is 9.86. The van der Waals surface area contributed by atoms with E-state index in [4.69, 9.17) is 23.7 Å². The van der Waals surface area contributed by atoms with Gasteiger partial charge in [0.1, 0.15) is 48.8 Å². The monoisotopic (exact) mass is 490 g/mol. The summed E-state index contributed by atoms with van der Waals surface area (Å²) in [7, 11) is 1.18. The van der Waals surface area contributed by atoms with Crippen LogP contribution >= 0.6 is 0 Å². The molecular weight excluding hydrogens is 464 g/mol. The number of aromatic hydroxyl groups is 2. The lowest BCUT2D eigenvalue weighted by molar-refractivity contribution is -0.314. The summed E-state index contributed by atoms with van der Waals surface area (Å²) >= 11 is 0. The average molecular weight is 490 g/mol. The molecule has 1 unspecified atom stereocenters. The Morgan fingerprint density at radius 3 is 2.26 bits per heavy atom. The molecule has 14 nitrogen and oxygen atoms in total. The van der Waals surface area contributed by atoms with Crippen LogP contribution in [0, 0.1) is 0 Å². The number of ether oxygens (including phenoxy) is 5. The number of rotatable bonds is 5. The molecule has 2 saturated heterocycles. The fourth-order valence-corrected chi connectivity index (χ4v) is 4.33. The second kappa shape index (κ2) is 9.41. The third kappa shape index (κ3) is 3.96. The van der Waals surface area contributed by atoms with Crippen molar-refractivity contribution in [2.45, 2.75) is 61.2 Å². The number of hydrogen-bond acceptors (Lipinski definition) is 14. The van der Waals surface area contributed by atoms with E-state index in [1.165, 1.54) is 7.11 Å². The first-order valence-electron chi connectivity index (χ1n) is 10.4. The Hall–Kier alpha value is -2.27. The summed E-state index contributed by atoms with van der Waals surface area (Å²) in [5, 5.41) is 80.9. The Morgan fingerprint density at radius 2 is 1.62 bits per heavy atom. The zero-order chi connectivity index (χ0) is 24.9. The van der Waals surface area contributed by atoms with Crippen LogP contribution in [-0.4, -0.2) is 122 Å². The minimum Gasteiger partial charge on any atom is -0.504 e. The van der Waals surface area contributed by atoms with Crippen molar-refractivity contribution in [1.82, 2.24) is 0 Å². The highest BCUT2D eigenvalue weighted by Gasteiger charge is 2.53. The van der Waals surface area contributed by atoms with Gasteiger partial charge in [-0.1, -0.05) is 0 Å². The molecule has 3 aliphatic rings. The molecule has 8 N–H and O–H groups in total. The van der Waals surface area contributed by atoms with Crippen LogP contribution in [0.1, 0.15) is 22.0 Å². The number of carbonyl (C=O) groups excluding carboxylic acids is 1. The Bertz CT molecular complexity index is 921. The van der Waals surface area contributed by atoms with Crippen molar-refractivity contribution < 1.29 is 69.3 Å². The van der Waals surface area contributed by atoms with Gasteiger partial charge in [-0.2, -0.15) is 0 Å². The van der Waals surface area contributed by atoms with Crippen LogP contribution in [-0.2, 0) is 18.9 Å². The SMILES string of the molecule is COc1c(O)cc2c(c1O)[C@@H]1O[C@H](COC3O[C@H](CO)[C@H](O)[C@H](O)[C@H]3O)[C@@H](O)[C@H](O)[C@H]1OC2=O. The number of phenolic OH excluding ortho intramolecular Hbond substituents is 2. The van der Waals surface area contributed by atoms with Gasteiger partial charge in [-0.05, 0) is 6.07 Å². The van der Waals surface area contributed by atoms with Crippen molar-refractivity contribution in [2.75, 3.05) is 20.3 Å². The highest BCUT2D eigenvalue weighted by Crippen LogP contribution is 2.49. The summed E-state index contributed by atoms with van der Waals surface area (Å²) in [5.74, 6) is -2.48. The molecule has 190 valence electrons. The predicted molar refractivity (Wildman–Crippen MR) is 105 cm³/mol. The van der Waals surface area contributed by atoms with Crippen LogP contribution in [0.15, 0.2) is 6.07 Å². The molecule has 0 bridgehead atoms. The lowest BCUT2D eigenvalue weighted by Crippen LogP contribution is -2.61. The first-order valence-corrected chi connectivity index (χ1v) is 10.4. The summed E-state index contributed by atoms with van der Waals surface area (Å²) in [6.07, 6.45) is -15.1. The van der Waals surface area contributed by atoms with E-state index in [0.29, 0.717) is 0 Å². The maximum absolute atomic E-state index is 12.4. The molecule has 14 heteroatoms. The van der Waals surface area contributed by atoms with Gasteiger partial charge >= 0.3 is 5.97 Å². The molecule has 2 fully saturated rings. The van der Waals surface area contributed by atoms with Crippen LogP contribution in [0.4, 0.5) is 0 Å². The van der Waals surface area contributed by atoms with Gasteiger partial charge in [-0.3, -0.25) is 0 Å². The molecule has 1 aromatic rings. The molecule has 4 rings (SSSR count). The van der Waals surface area contributed by atoms with Gasteiger partial charge < -0.3 is 64.5 Å². The quantitative estimate of drug-likeness (QED) is 0.189. The first-order chi connectivity index (χ1) is 16.1. The number of phenols is 2. The molecule has 3 heterocycles. The number of benzene rings is 1. The van der Waals surface area contributed by atoms with Crippen molar-refractivity contribution in [1.29, 1.82) is 0 Å². The van der Waals surface area contributed by atoms with Crippen LogP contribution in [0.3, 0.4) is 0 Å². The number of aliphatic hydroxyl groups excluding tert-OH is 6. The molecule has 1 aromatic carbocycles. The smallest absolute Gasteiger partial charge is 0.339 e. The van der Waals surface area contributed by atoms with Gasteiger partial charge in [0.25, 0.3) is 0 Å². The van der Waals surface area contributed by atoms with E-state index in [0.717, 1.165) is 6.07 Å². The fraction of sp³-hybridized carbons (Fsp3) is 0.650. The molecule has 0 aromatic heterocycles. The summed E-state index contributed by atoms with van der Waals surface area (Å²) in [6.45, 7) is -1.20. The zero-order valence-corrected chi connectivity index (χ0v) is 17.8.